The van der Waals surface area contributed by atoms with Crippen LogP contribution in [0.5, 0.6) is 5.75 Å². The van der Waals surface area contributed by atoms with Crippen molar-refractivity contribution in [3.63, 3.8) is 0 Å². The normalized spacial score (nSPS) is 10.9. The van der Waals surface area contributed by atoms with Gasteiger partial charge in [-0.3, -0.25) is 9.59 Å². The van der Waals surface area contributed by atoms with Crippen molar-refractivity contribution in [1.29, 1.82) is 0 Å². The molecule has 170 valence electrons. The smallest absolute Gasteiger partial charge is 0.270 e. The van der Waals surface area contributed by atoms with E-state index in [-0.39, 0.29) is 30.4 Å². The molecule has 0 atom stereocenters. The van der Waals surface area contributed by atoms with Gasteiger partial charge in [-0.15, -0.1) is 0 Å². The number of anilines is 1. The van der Waals surface area contributed by atoms with Crippen LogP contribution in [0.15, 0.2) is 66.0 Å². The molecular formula is C22H24N8O3. The molecule has 11 nitrogen and oxygen atoms in total. The summed E-state index contributed by atoms with van der Waals surface area (Å²) < 4.78 is 5.11. The second kappa shape index (κ2) is 11.2. The van der Waals surface area contributed by atoms with Crippen molar-refractivity contribution in [2.24, 2.45) is 16.8 Å². The number of hydrogen-bond donors (Lipinski definition) is 5. The Bertz CT molecular complexity index is 1130. The molecule has 7 N–H and O–H groups in total. The van der Waals surface area contributed by atoms with Crippen LogP contribution in [0.4, 0.5) is 5.82 Å². The van der Waals surface area contributed by atoms with Crippen LogP contribution in [-0.4, -0.2) is 34.7 Å². The van der Waals surface area contributed by atoms with Gasteiger partial charge in [-0.2, -0.15) is 5.10 Å². The molecule has 33 heavy (non-hydrogen) atoms. The van der Waals surface area contributed by atoms with Gasteiger partial charge in [0.25, 0.3) is 5.91 Å². The average molecular weight is 448 g/mol. The molecule has 0 aliphatic rings. The van der Waals surface area contributed by atoms with Gasteiger partial charge in [0.1, 0.15) is 23.6 Å². The molecule has 3 aromatic rings. The fourth-order valence-corrected chi connectivity index (χ4v) is 2.91. The van der Waals surface area contributed by atoms with E-state index in [9.17, 15) is 9.59 Å². The molecule has 0 aliphatic carbocycles. The van der Waals surface area contributed by atoms with Crippen LogP contribution in [0.25, 0.3) is 0 Å². The molecule has 0 bridgehead atoms. The number of amides is 2. The first-order valence-electron chi connectivity index (χ1n) is 9.89. The number of hydrazine groups is 1. The molecule has 0 aliphatic heterocycles. The standard InChI is InChI=1S/C22H24N8O3/c1-33-17-8-4-14(5-9-17)10-20(31)28-19-11-18(26-13-27-19)22(32)25-12-15-2-6-16(7-3-15)21(29-23)30-24/h2-9,11,13H,10,12,23-24H2,1H3,(H,25,32)(H,29,30)(H,26,27,28,31). The molecule has 2 aromatic carbocycles. The molecule has 11 heteroatoms. The monoisotopic (exact) mass is 448 g/mol. The van der Waals surface area contributed by atoms with Crippen LogP contribution >= 0.6 is 0 Å². The fourth-order valence-electron chi connectivity index (χ4n) is 2.91. The summed E-state index contributed by atoms with van der Waals surface area (Å²) in [4.78, 5) is 32.8. The van der Waals surface area contributed by atoms with Crippen molar-refractivity contribution in [2.75, 3.05) is 12.4 Å². The lowest BCUT2D eigenvalue weighted by molar-refractivity contribution is -0.115. The Morgan fingerprint density at radius 1 is 1.03 bits per heavy atom. The Labute approximate surface area is 190 Å². The van der Waals surface area contributed by atoms with E-state index in [1.807, 2.05) is 12.1 Å². The lowest BCUT2D eigenvalue weighted by atomic mass is 10.1. The van der Waals surface area contributed by atoms with Crippen molar-refractivity contribution < 1.29 is 14.3 Å². The number of carbonyl (C=O) groups is 2. The van der Waals surface area contributed by atoms with Gasteiger partial charge < -0.3 is 26.6 Å². The molecule has 0 unspecified atom stereocenters. The van der Waals surface area contributed by atoms with Crippen LogP contribution in [0.1, 0.15) is 27.2 Å². The van der Waals surface area contributed by atoms with Crippen LogP contribution in [0, 0.1) is 0 Å². The van der Waals surface area contributed by atoms with Gasteiger partial charge in [0.05, 0.1) is 13.5 Å². The predicted molar refractivity (Wildman–Crippen MR) is 123 cm³/mol. The van der Waals surface area contributed by atoms with Crippen LogP contribution < -0.4 is 32.5 Å². The van der Waals surface area contributed by atoms with Gasteiger partial charge in [0.2, 0.25) is 5.91 Å². The van der Waals surface area contributed by atoms with Crippen molar-refractivity contribution in [3.8, 4) is 5.75 Å². The minimum Gasteiger partial charge on any atom is -0.497 e. The summed E-state index contributed by atoms with van der Waals surface area (Å²) in [5.74, 6) is 11.2. The summed E-state index contributed by atoms with van der Waals surface area (Å²) in [6.07, 6.45) is 1.38. The summed E-state index contributed by atoms with van der Waals surface area (Å²) in [7, 11) is 1.58. The highest BCUT2D eigenvalue weighted by molar-refractivity contribution is 5.98. The molecule has 0 saturated carbocycles. The number of hydrazone groups is 1. The largest absolute Gasteiger partial charge is 0.497 e. The van der Waals surface area contributed by atoms with Gasteiger partial charge in [-0.25, -0.2) is 15.8 Å². The zero-order valence-electron chi connectivity index (χ0n) is 17.9. The number of nitrogens with zero attached hydrogens (tertiary/aromatic N) is 3. The SMILES string of the molecule is COc1ccc(CC(=O)Nc2cc(C(=O)NCc3ccc(/C(=N/N)NN)cc3)ncn2)cc1. The van der Waals surface area contributed by atoms with E-state index in [4.69, 9.17) is 16.4 Å². The molecular weight excluding hydrogens is 424 g/mol. The third-order valence-electron chi connectivity index (χ3n) is 4.64. The van der Waals surface area contributed by atoms with E-state index in [1.54, 1.807) is 43.5 Å². The summed E-state index contributed by atoms with van der Waals surface area (Å²) in [6, 6.07) is 15.8. The summed E-state index contributed by atoms with van der Waals surface area (Å²) in [6.45, 7) is 0.271. The van der Waals surface area contributed by atoms with Gasteiger partial charge in [-0.1, -0.05) is 36.4 Å². The van der Waals surface area contributed by atoms with E-state index in [2.05, 4.69) is 31.1 Å². The van der Waals surface area contributed by atoms with E-state index < -0.39 is 5.91 Å². The Morgan fingerprint density at radius 2 is 1.73 bits per heavy atom. The highest BCUT2D eigenvalue weighted by Crippen LogP contribution is 2.13. The Hall–Kier alpha value is -4.51. The molecule has 0 radical (unpaired) electrons. The third kappa shape index (κ3) is 6.48. The van der Waals surface area contributed by atoms with E-state index in [0.717, 1.165) is 11.1 Å². The second-order valence-corrected chi connectivity index (χ2v) is 6.86. The second-order valence-electron chi connectivity index (χ2n) is 6.86. The first-order chi connectivity index (χ1) is 16.0. The van der Waals surface area contributed by atoms with Crippen LogP contribution in [-0.2, 0) is 17.8 Å². The molecule has 0 saturated heterocycles. The third-order valence-corrected chi connectivity index (χ3v) is 4.64. The number of carbonyl (C=O) groups excluding carboxylic acids is 2. The Morgan fingerprint density at radius 3 is 2.36 bits per heavy atom. The summed E-state index contributed by atoms with van der Waals surface area (Å²) in [5, 5.41) is 8.99. The number of nitrogens with two attached hydrogens (primary N) is 2. The minimum atomic E-state index is -0.403. The molecule has 3 rings (SSSR count). The number of ether oxygens (including phenoxy) is 1. The maximum atomic E-state index is 12.5. The van der Waals surface area contributed by atoms with Gasteiger partial charge >= 0.3 is 0 Å². The first kappa shape index (κ1) is 23.2. The zero-order chi connectivity index (χ0) is 23.6. The first-order valence-corrected chi connectivity index (χ1v) is 9.89. The maximum absolute atomic E-state index is 12.5. The number of aromatic nitrogens is 2. The van der Waals surface area contributed by atoms with Crippen molar-refractivity contribution in [3.05, 3.63) is 83.3 Å². The number of hydrogen-bond acceptors (Lipinski definition) is 8. The number of methoxy groups -OCH3 is 1. The predicted octanol–water partition coefficient (Wildman–Crippen LogP) is 0.680. The number of amidine groups is 1. The van der Waals surface area contributed by atoms with Crippen LogP contribution in [0.3, 0.4) is 0 Å². The zero-order valence-corrected chi connectivity index (χ0v) is 17.9. The number of rotatable bonds is 8. The van der Waals surface area contributed by atoms with Crippen molar-refractivity contribution >= 4 is 23.5 Å². The van der Waals surface area contributed by atoms with Gasteiger partial charge in [0, 0.05) is 18.2 Å². The highest BCUT2D eigenvalue weighted by Gasteiger charge is 2.11. The van der Waals surface area contributed by atoms with E-state index in [1.165, 1.54) is 12.4 Å². The van der Waals surface area contributed by atoms with Gasteiger partial charge in [0.15, 0.2) is 5.84 Å². The topological polar surface area (TPSA) is 170 Å². The number of benzene rings is 2. The lowest BCUT2D eigenvalue weighted by Gasteiger charge is -2.09. The van der Waals surface area contributed by atoms with Crippen molar-refractivity contribution in [1.82, 2.24) is 20.7 Å². The fraction of sp³-hybridized carbons (Fsp3) is 0.136. The van der Waals surface area contributed by atoms with E-state index >= 15 is 0 Å². The van der Waals surface area contributed by atoms with E-state index in [0.29, 0.717) is 17.1 Å². The number of nitrogens with one attached hydrogen (secondary N) is 3. The molecule has 2 amide bonds. The van der Waals surface area contributed by atoms with Crippen LogP contribution in [0.2, 0.25) is 0 Å². The van der Waals surface area contributed by atoms with Crippen molar-refractivity contribution in [2.45, 2.75) is 13.0 Å². The minimum absolute atomic E-state index is 0.131. The molecule has 0 spiro atoms. The quantitative estimate of drug-likeness (QED) is 0.145. The Kier molecular flexibility index (Phi) is 7.86. The van der Waals surface area contributed by atoms with Gasteiger partial charge in [-0.05, 0) is 23.3 Å². The summed E-state index contributed by atoms with van der Waals surface area (Å²) >= 11 is 0. The Balaban J connectivity index is 1.55. The molecule has 0 fully saturated rings. The highest BCUT2D eigenvalue weighted by atomic mass is 16.5. The lowest BCUT2D eigenvalue weighted by Crippen LogP contribution is -2.32. The molecule has 1 heterocycles. The molecule has 1 aromatic heterocycles. The maximum Gasteiger partial charge on any atom is 0.270 e. The average Bonchev–Trinajstić information content (AvgIpc) is 2.84. The summed E-state index contributed by atoms with van der Waals surface area (Å²) in [5.41, 5.74) is 4.91.